The van der Waals surface area contributed by atoms with E-state index in [-0.39, 0.29) is 22.7 Å². The molecular formula is C17H12ClFN2O2S. The van der Waals surface area contributed by atoms with Crippen molar-refractivity contribution >= 4 is 29.1 Å². The van der Waals surface area contributed by atoms with Crippen LogP contribution in [0.4, 0.5) is 4.39 Å². The number of thioether (sulfide) groups is 1. The molecule has 1 unspecified atom stereocenters. The lowest BCUT2D eigenvalue weighted by Crippen LogP contribution is -2.13. The minimum absolute atomic E-state index is 0.0796. The second kappa shape index (κ2) is 7.15. The van der Waals surface area contributed by atoms with Gasteiger partial charge >= 0.3 is 0 Å². The van der Waals surface area contributed by atoms with Crippen LogP contribution in [0.2, 0.25) is 5.02 Å². The fraction of sp³-hybridized carbons (Fsp3) is 0.118. The summed E-state index contributed by atoms with van der Waals surface area (Å²) in [6, 6.07) is 12.5. The Morgan fingerprint density at radius 3 is 2.67 bits per heavy atom. The van der Waals surface area contributed by atoms with Crippen LogP contribution in [0, 0.1) is 5.82 Å². The van der Waals surface area contributed by atoms with Gasteiger partial charge < -0.3 is 4.42 Å². The molecule has 1 atom stereocenters. The van der Waals surface area contributed by atoms with Crippen LogP contribution in [0.5, 0.6) is 0 Å². The van der Waals surface area contributed by atoms with Gasteiger partial charge in [-0.1, -0.05) is 35.5 Å². The Morgan fingerprint density at radius 2 is 1.96 bits per heavy atom. The fourth-order valence-corrected chi connectivity index (χ4v) is 3.00. The van der Waals surface area contributed by atoms with E-state index in [9.17, 15) is 9.18 Å². The maximum atomic E-state index is 12.9. The first-order valence-corrected chi connectivity index (χ1v) is 8.34. The molecule has 0 saturated heterocycles. The number of halogens is 2. The molecule has 0 aliphatic heterocycles. The topological polar surface area (TPSA) is 56.0 Å². The van der Waals surface area contributed by atoms with Gasteiger partial charge in [-0.25, -0.2) is 4.39 Å². The number of ketones is 1. The Bertz CT molecular complexity index is 867. The van der Waals surface area contributed by atoms with Crippen molar-refractivity contribution in [3.8, 4) is 11.5 Å². The minimum atomic E-state index is -0.412. The lowest BCUT2D eigenvalue weighted by atomic mass is 10.1. The van der Waals surface area contributed by atoms with E-state index in [1.807, 2.05) is 0 Å². The zero-order valence-electron chi connectivity index (χ0n) is 12.6. The molecular weight excluding hydrogens is 351 g/mol. The summed E-state index contributed by atoms with van der Waals surface area (Å²) >= 11 is 7.07. The van der Waals surface area contributed by atoms with Gasteiger partial charge in [-0.3, -0.25) is 4.79 Å². The van der Waals surface area contributed by atoms with Gasteiger partial charge in [0.1, 0.15) is 5.82 Å². The number of hydrogen-bond acceptors (Lipinski definition) is 5. The molecule has 24 heavy (non-hydrogen) atoms. The van der Waals surface area contributed by atoms with E-state index in [4.69, 9.17) is 16.0 Å². The first kappa shape index (κ1) is 16.7. The summed E-state index contributed by atoms with van der Waals surface area (Å²) in [4.78, 5) is 12.4. The Balaban J connectivity index is 1.72. The molecule has 0 bridgehead atoms. The summed E-state index contributed by atoms with van der Waals surface area (Å²) in [6.07, 6.45) is 0. The zero-order valence-corrected chi connectivity index (χ0v) is 14.1. The molecule has 2 aromatic carbocycles. The first-order valence-electron chi connectivity index (χ1n) is 7.09. The average molecular weight is 363 g/mol. The van der Waals surface area contributed by atoms with E-state index in [1.54, 1.807) is 43.3 Å². The monoisotopic (exact) mass is 362 g/mol. The van der Waals surface area contributed by atoms with Gasteiger partial charge in [0.05, 0.1) is 5.25 Å². The number of Topliss-reactive ketones (excluding diaryl/α,β-unsaturated/α-hetero) is 1. The summed E-state index contributed by atoms with van der Waals surface area (Å²) in [5.74, 6) is -0.141. The molecule has 0 spiro atoms. The highest BCUT2D eigenvalue weighted by Gasteiger charge is 2.20. The Morgan fingerprint density at radius 1 is 1.21 bits per heavy atom. The third-order valence-electron chi connectivity index (χ3n) is 3.25. The van der Waals surface area contributed by atoms with Crippen molar-refractivity contribution < 1.29 is 13.6 Å². The molecule has 0 radical (unpaired) electrons. The van der Waals surface area contributed by atoms with Crippen LogP contribution >= 0.6 is 23.4 Å². The lowest BCUT2D eigenvalue weighted by Gasteiger charge is -2.07. The van der Waals surface area contributed by atoms with Crippen molar-refractivity contribution in [2.45, 2.75) is 17.4 Å². The van der Waals surface area contributed by atoms with Crippen LogP contribution in [0.1, 0.15) is 17.3 Å². The highest BCUT2D eigenvalue weighted by Crippen LogP contribution is 2.28. The number of rotatable bonds is 5. The lowest BCUT2D eigenvalue weighted by molar-refractivity contribution is 0.0993. The molecule has 0 fully saturated rings. The largest absolute Gasteiger partial charge is 0.411 e. The van der Waals surface area contributed by atoms with E-state index in [0.29, 0.717) is 16.1 Å². The minimum Gasteiger partial charge on any atom is -0.411 e. The Labute approximate surface area is 147 Å². The average Bonchev–Trinajstić information content (AvgIpc) is 3.03. The molecule has 3 aromatic rings. The highest BCUT2D eigenvalue weighted by atomic mass is 35.5. The van der Waals surface area contributed by atoms with E-state index in [1.165, 1.54) is 12.1 Å². The summed E-state index contributed by atoms with van der Waals surface area (Å²) in [5.41, 5.74) is 1.14. The van der Waals surface area contributed by atoms with Crippen LogP contribution in [-0.4, -0.2) is 21.2 Å². The maximum Gasteiger partial charge on any atom is 0.277 e. The first-order chi connectivity index (χ1) is 11.5. The van der Waals surface area contributed by atoms with Crippen LogP contribution in [0.15, 0.2) is 58.2 Å². The van der Waals surface area contributed by atoms with Crippen LogP contribution in [0.25, 0.3) is 11.5 Å². The van der Waals surface area contributed by atoms with E-state index in [2.05, 4.69) is 10.2 Å². The standard InChI is InChI=1S/C17H12ClFN2O2S/c1-10(15(22)12-3-2-4-13(18)9-12)24-17-21-20-16(23-17)11-5-7-14(19)8-6-11/h2-10H,1H3. The van der Waals surface area contributed by atoms with Crippen molar-refractivity contribution in [1.82, 2.24) is 10.2 Å². The molecule has 4 nitrogen and oxygen atoms in total. The summed E-state index contributed by atoms with van der Waals surface area (Å²) in [7, 11) is 0. The maximum absolute atomic E-state index is 12.9. The predicted molar refractivity (Wildman–Crippen MR) is 90.8 cm³/mol. The summed E-state index contributed by atoms with van der Waals surface area (Å²) < 4.78 is 18.5. The molecule has 0 saturated carbocycles. The fourth-order valence-electron chi connectivity index (χ4n) is 2.05. The number of hydrogen-bond donors (Lipinski definition) is 0. The normalized spacial score (nSPS) is 12.1. The van der Waals surface area contributed by atoms with Crippen LogP contribution in [-0.2, 0) is 0 Å². The number of carbonyl (C=O) groups excluding carboxylic acids is 1. The smallest absolute Gasteiger partial charge is 0.277 e. The number of nitrogens with zero attached hydrogens (tertiary/aromatic N) is 2. The highest BCUT2D eigenvalue weighted by molar-refractivity contribution is 8.00. The van der Waals surface area contributed by atoms with Crippen molar-refractivity contribution in [3.05, 3.63) is 64.9 Å². The molecule has 0 amide bonds. The number of benzene rings is 2. The number of aromatic nitrogens is 2. The van der Waals surface area contributed by atoms with Crippen LogP contribution < -0.4 is 0 Å². The van der Waals surface area contributed by atoms with E-state index < -0.39 is 5.25 Å². The molecule has 122 valence electrons. The van der Waals surface area contributed by atoms with Gasteiger partial charge in [0.25, 0.3) is 5.22 Å². The Kier molecular flexibility index (Phi) is 4.97. The van der Waals surface area contributed by atoms with Crippen molar-refractivity contribution in [2.24, 2.45) is 0 Å². The van der Waals surface area contributed by atoms with Crippen LogP contribution in [0.3, 0.4) is 0 Å². The van der Waals surface area contributed by atoms with Gasteiger partial charge in [-0.2, -0.15) is 0 Å². The molecule has 1 aromatic heterocycles. The molecule has 0 aliphatic rings. The molecule has 3 rings (SSSR count). The van der Waals surface area contributed by atoms with Gasteiger partial charge in [0, 0.05) is 16.1 Å². The molecule has 7 heteroatoms. The number of carbonyl (C=O) groups is 1. The van der Waals surface area contributed by atoms with Gasteiger partial charge in [0.15, 0.2) is 5.78 Å². The molecule has 1 heterocycles. The SMILES string of the molecule is CC(Sc1nnc(-c2ccc(F)cc2)o1)C(=O)c1cccc(Cl)c1. The van der Waals surface area contributed by atoms with Gasteiger partial charge in [0.2, 0.25) is 5.89 Å². The summed E-state index contributed by atoms with van der Waals surface area (Å²) in [6.45, 7) is 1.76. The van der Waals surface area contributed by atoms with Gasteiger partial charge in [-0.05, 0) is 43.3 Å². The van der Waals surface area contributed by atoms with E-state index >= 15 is 0 Å². The second-order valence-corrected chi connectivity index (χ2v) is 6.74. The van der Waals surface area contributed by atoms with Gasteiger partial charge in [-0.15, -0.1) is 10.2 Å². The third kappa shape index (κ3) is 3.83. The summed E-state index contributed by atoms with van der Waals surface area (Å²) in [5, 5.41) is 8.22. The Hall–Kier alpha value is -2.18. The van der Waals surface area contributed by atoms with E-state index in [0.717, 1.165) is 11.8 Å². The molecule has 0 N–H and O–H groups in total. The predicted octanol–water partition coefficient (Wildman–Crippen LogP) is 4.89. The molecule has 0 aliphatic carbocycles. The van der Waals surface area contributed by atoms with Crippen molar-refractivity contribution in [3.63, 3.8) is 0 Å². The quantitative estimate of drug-likeness (QED) is 0.477. The third-order valence-corrected chi connectivity index (χ3v) is 4.42. The van der Waals surface area contributed by atoms with Crippen molar-refractivity contribution in [2.75, 3.05) is 0 Å². The van der Waals surface area contributed by atoms with Crippen molar-refractivity contribution in [1.29, 1.82) is 0 Å². The zero-order chi connectivity index (χ0) is 17.1. The second-order valence-electron chi connectivity index (χ2n) is 5.01.